The van der Waals surface area contributed by atoms with E-state index >= 15 is 0 Å². The Morgan fingerprint density at radius 2 is 1.69 bits per heavy atom. The van der Waals surface area contributed by atoms with Crippen LogP contribution >= 0.6 is 0 Å². The van der Waals surface area contributed by atoms with Gasteiger partial charge in [0.25, 0.3) is 0 Å². The number of morpholine rings is 1. The zero-order valence-electron chi connectivity index (χ0n) is 25.8. The molecule has 0 aliphatic carbocycles. The minimum Gasteiger partial charge on any atom is -0.493 e. The van der Waals surface area contributed by atoms with E-state index in [0.717, 1.165) is 50.2 Å². The summed E-state index contributed by atoms with van der Waals surface area (Å²) in [7, 11) is 4.51. The third-order valence-corrected chi connectivity index (χ3v) is 7.33. The van der Waals surface area contributed by atoms with E-state index in [1.807, 2.05) is 48.5 Å². The van der Waals surface area contributed by atoms with E-state index in [0.29, 0.717) is 58.8 Å². The molecular weight excluding hydrogens is 576 g/mol. The van der Waals surface area contributed by atoms with Crippen LogP contribution in [0.2, 0.25) is 0 Å². The van der Waals surface area contributed by atoms with E-state index in [-0.39, 0.29) is 0 Å². The summed E-state index contributed by atoms with van der Waals surface area (Å²) in [6.45, 7) is 5.21. The highest BCUT2D eigenvalue weighted by Crippen LogP contribution is 2.39. The molecule has 1 aliphatic rings. The Morgan fingerprint density at radius 3 is 2.44 bits per heavy atom. The van der Waals surface area contributed by atoms with Crippen molar-refractivity contribution in [3.05, 3.63) is 78.1 Å². The number of methoxy groups -OCH3 is 3. The van der Waals surface area contributed by atoms with Gasteiger partial charge >= 0.3 is 5.97 Å². The number of nitrogens with one attached hydrogen (secondary N) is 1. The number of fused-ring (bicyclic) bond motifs is 1. The highest BCUT2D eigenvalue weighted by molar-refractivity contribution is 5.95. The largest absolute Gasteiger partial charge is 0.493 e. The third-order valence-electron chi connectivity index (χ3n) is 7.33. The first-order valence-electron chi connectivity index (χ1n) is 14.8. The number of nitrogens with zero attached hydrogens (tertiary/aromatic N) is 3. The van der Waals surface area contributed by atoms with Crippen LogP contribution in [-0.4, -0.2) is 81.6 Å². The molecule has 2 heterocycles. The quantitative estimate of drug-likeness (QED) is 0.114. The van der Waals surface area contributed by atoms with E-state index in [9.17, 15) is 4.79 Å². The molecule has 1 N–H and O–H groups in total. The monoisotopic (exact) mass is 614 g/mol. The number of hydrogen-bond acceptors (Lipinski definition) is 11. The number of hydrogen-bond donors (Lipinski definition) is 1. The second-order valence-electron chi connectivity index (χ2n) is 10.2. The van der Waals surface area contributed by atoms with Crippen LogP contribution in [0.1, 0.15) is 17.5 Å². The van der Waals surface area contributed by atoms with Crippen molar-refractivity contribution < 1.29 is 33.2 Å². The molecule has 11 heteroatoms. The fourth-order valence-corrected chi connectivity index (χ4v) is 4.91. The minimum atomic E-state index is -0.487. The van der Waals surface area contributed by atoms with Crippen LogP contribution in [0.15, 0.2) is 67.0 Å². The molecule has 1 aromatic heterocycles. The van der Waals surface area contributed by atoms with Gasteiger partial charge in [-0.15, -0.1) is 0 Å². The maximum absolute atomic E-state index is 12.0. The number of carbonyl (C=O) groups excluding carboxylic acids is 1. The second-order valence-corrected chi connectivity index (χ2v) is 10.2. The first-order valence-corrected chi connectivity index (χ1v) is 14.8. The Labute approximate surface area is 262 Å². The van der Waals surface area contributed by atoms with Crippen LogP contribution in [0.4, 0.5) is 11.5 Å². The Morgan fingerprint density at radius 1 is 0.933 bits per heavy atom. The van der Waals surface area contributed by atoms with Gasteiger partial charge in [-0.25, -0.2) is 14.8 Å². The van der Waals surface area contributed by atoms with Crippen molar-refractivity contribution in [2.75, 3.05) is 66.1 Å². The molecule has 1 fully saturated rings. The molecular formula is C34H38N4O7. The lowest BCUT2D eigenvalue weighted by atomic mass is 10.1. The summed E-state index contributed by atoms with van der Waals surface area (Å²) >= 11 is 0. The summed E-state index contributed by atoms with van der Waals surface area (Å²) in [6.07, 6.45) is 5.34. The van der Waals surface area contributed by atoms with Crippen LogP contribution in [-0.2, 0) is 20.9 Å². The standard InChI is InChI=1S/C34H38N4O7/c1-40-29-18-25(10-11-33(39)42-3)27(20-32(29)45-22-24-8-5-4-6-9-24)37-34-26-19-31(30(41-2)21-28(26)35-23-36-34)44-15-7-12-38-13-16-43-17-14-38/h4-6,8-11,18-21,23H,7,12-17,22H2,1-3H3,(H,35,36,37)/b11-10+. The SMILES string of the molecule is COC(=O)/C=C/c1cc(OC)c(OCc2ccccc2)cc1Nc1ncnc2cc(OC)c(OCCCN3CCOCC3)cc12. The summed E-state index contributed by atoms with van der Waals surface area (Å²) in [4.78, 5) is 23.4. The van der Waals surface area contributed by atoms with Gasteiger partial charge in [-0.3, -0.25) is 4.90 Å². The van der Waals surface area contributed by atoms with Crippen molar-refractivity contribution in [2.24, 2.45) is 0 Å². The van der Waals surface area contributed by atoms with Crippen molar-refractivity contribution >= 4 is 34.5 Å². The summed E-state index contributed by atoms with van der Waals surface area (Å²) in [5.41, 5.74) is 2.97. The van der Waals surface area contributed by atoms with Crippen LogP contribution in [0.3, 0.4) is 0 Å². The fourth-order valence-electron chi connectivity index (χ4n) is 4.91. The van der Waals surface area contributed by atoms with E-state index in [1.54, 1.807) is 26.4 Å². The highest BCUT2D eigenvalue weighted by atomic mass is 16.5. The van der Waals surface area contributed by atoms with E-state index < -0.39 is 5.97 Å². The first-order chi connectivity index (χ1) is 22.1. The Kier molecular flexibility index (Phi) is 11.0. The molecule has 0 spiro atoms. The molecule has 11 nitrogen and oxygen atoms in total. The lowest BCUT2D eigenvalue weighted by Crippen LogP contribution is -2.37. The molecule has 3 aromatic carbocycles. The van der Waals surface area contributed by atoms with Crippen LogP contribution < -0.4 is 24.3 Å². The Balaban J connectivity index is 1.44. The Hall–Kier alpha value is -4.87. The van der Waals surface area contributed by atoms with Crippen LogP contribution in [0.5, 0.6) is 23.0 Å². The number of anilines is 2. The molecule has 45 heavy (non-hydrogen) atoms. The van der Waals surface area contributed by atoms with Gasteiger partial charge in [-0.05, 0) is 30.2 Å². The average Bonchev–Trinajstić information content (AvgIpc) is 3.09. The van der Waals surface area contributed by atoms with Gasteiger partial charge < -0.3 is 33.7 Å². The third kappa shape index (κ3) is 8.40. The molecule has 236 valence electrons. The summed E-state index contributed by atoms with van der Waals surface area (Å²) in [5, 5.41) is 4.15. The summed E-state index contributed by atoms with van der Waals surface area (Å²) < 4.78 is 33.9. The van der Waals surface area contributed by atoms with Gasteiger partial charge in [0.2, 0.25) is 0 Å². The second kappa shape index (κ2) is 15.7. The normalized spacial score (nSPS) is 13.5. The number of esters is 1. The van der Waals surface area contributed by atoms with Crippen LogP contribution in [0, 0.1) is 0 Å². The van der Waals surface area contributed by atoms with Gasteiger partial charge in [-0.2, -0.15) is 0 Å². The molecule has 0 bridgehead atoms. The number of ether oxygens (including phenoxy) is 6. The maximum atomic E-state index is 12.0. The zero-order valence-corrected chi connectivity index (χ0v) is 25.8. The zero-order chi connectivity index (χ0) is 31.4. The van der Waals surface area contributed by atoms with E-state index in [4.69, 9.17) is 28.4 Å². The van der Waals surface area contributed by atoms with Gasteiger partial charge in [0.15, 0.2) is 23.0 Å². The Bertz CT molecular complexity index is 1610. The molecule has 0 unspecified atom stereocenters. The summed E-state index contributed by atoms with van der Waals surface area (Å²) in [6, 6.07) is 17.2. The number of rotatable bonds is 14. The van der Waals surface area contributed by atoms with E-state index in [1.165, 1.54) is 19.5 Å². The maximum Gasteiger partial charge on any atom is 0.330 e. The molecule has 4 aromatic rings. The smallest absolute Gasteiger partial charge is 0.330 e. The molecule has 0 radical (unpaired) electrons. The van der Waals surface area contributed by atoms with Crippen LogP contribution in [0.25, 0.3) is 17.0 Å². The van der Waals surface area contributed by atoms with Gasteiger partial charge in [0, 0.05) is 48.8 Å². The lowest BCUT2D eigenvalue weighted by Gasteiger charge is -2.26. The van der Waals surface area contributed by atoms with Gasteiger partial charge in [0.05, 0.1) is 52.4 Å². The topological polar surface area (TPSA) is 114 Å². The molecule has 0 saturated carbocycles. The number of aromatic nitrogens is 2. The predicted octanol–water partition coefficient (Wildman–Crippen LogP) is 5.26. The van der Waals surface area contributed by atoms with E-state index in [2.05, 4.69) is 20.2 Å². The number of carbonyl (C=O) groups is 1. The molecule has 1 saturated heterocycles. The van der Waals surface area contributed by atoms with Gasteiger partial charge in [-0.1, -0.05) is 30.3 Å². The van der Waals surface area contributed by atoms with Crippen molar-refractivity contribution in [3.8, 4) is 23.0 Å². The minimum absolute atomic E-state index is 0.344. The molecule has 5 rings (SSSR count). The summed E-state index contributed by atoms with van der Waals surface area (Å²) in [5.74, 6) is 2.25. The highest BCUT2D eigenvalue weighted by Gasteiger charge is 2.16. The molecule has 1 aliphatic heterocycles. The van der Waals surface area contributed by atoms with Crippen molar-refractivity contribution in [2.45, 2.75) is 13.0 Å². The van der Waals surface area contributed by atoms with Crippen molar-refractivity contribution in [3.63, 3.8) is 0 Å². The molecule has 0 amide bonds. The number of benzene rings is 3. The van der Waals surface area contributed by atoms with Crippen molar-refractivity contribution in [1.82, 2.24) is 14.9 Å². The average molecular weight is 615 g/mol. The lowest BCUT2D eigenvalue weighted by molar-refractivity contribution is -0.134. The van der Waals surface area contributed by atoms with Crippen molar-refractivity contribution in [1.29, 1.82) is 0 Å². The fraction of sp³-hybridized carbons (Fsp3) is 0.324. The molecule has 0 atom stereocenters. The predicted molar refractivity (Wildman–Crippen MR) is 172 cm³/mol. The van der Waals surface area contributed by atoms with Gasteiger partial charge in [0.1, 0.15) is 18.8 Å². The first kappa shape index (κ1) is 31.6.